The van der Waals surface area contributed by atoms with Gasteiger partial charge in [-0.15, -0.1) is 0 Å². The minimum atomic E-state index is -0.570. The third kappa shape index (κ3) is 5.59. The Morgan fingerprint density at radius 1 is 0.263 bits per heavy atom. The second kappa shape index (κ2) is 16.3. The zero-order valence-electron chi connectivity index (χ0n) is 41.9. The Bertz CT molecular complexity index is 3940. The summed E-state index contributed by atoms with van der Waals surface area (Å²) in [6, 6.07) is 104. The van der Waals surface area contributed by atoms with Crippen molar-refractivity contribution in [3.63, 3.8) is 0 Å². The number of nitrogens with zero attached hydrogens (tertiary/aromatic N) is 1. The summed E-state index contributed by atoms with van der Waals surface area (Å²) in [5.74, 6) is 0.386. The van der Waals surface area contributed by atoms with E-state index in [0.717, 1.165) is 17.1 Å². The Labute approximate surface area is 445 Å². The Hall–Kier alpha value is -9.30. The average Bonchev–Trinajstić information content (AvgIpc) is 4.39. The van der Waals surface area contributed by atoms with Crippen LogP contribution in [0.3, 0.4) is 0 Å². The third-order valence-corrected chi connectivity index (χ3v) is 18.1. The standard InChI is InChI=1S/C75H51N/c1-5-23-50(24-6-1)73(51-25-7-2-8-26-51)65-36-18-13-33-59(65)62-44-41-54(47-70(62)73)76(55-42-45-63-60-34-14-19-37-66(60)74(71(63)48-55,52-27-9-3-10-28-52)53-29-11-4-12-30-53)56-43-46-64-61-35-17-22-40-69(61)75(72(64)49-56)67-38-20-15-31-57(67)58-32-16-21-39-68(58)75/h1-49,59,65H. The lowest BCUT2D eigenvalue weighted by Gasteiger charge is -2.39. The number of allylic oxidation sites excluding steroid dienone is 4. The van der Waals surface area contributed by atoms with E-state index in [2.05, 4.69) is 302 Å². The molecule has 0 heterocycles. The Morgan fingerprint density at radius 3 is 1.07 bits per heavy atom. The van der Waals surface area contributed by atoms with E-state index in [1.54, 1.807) is 0 Å². The van der Waals surface area contributed by atoms with Crippen LogP contribution in [0.25, 0.3) is 33.4 Å². The van der Waals surface area contributed by atoms with E-state index >= 15 is 0 Å². The predicted molar refractivity (Wildman–Crippen MR) is 312 cm³/mol. The van der Waals surface area contributed by atoms with Crippen LogP contribution in [0.15, 0.2) is 297 Å². The van der Waals surface area contributed by atoms with Crippen LogP contribution in [0.5, 0.6) is 0 Å². The SMILES string of the molecule is C1=CC2c3ccc(N(c4ccc5c(c4)C(c4ccccc4)(c4ccccc4)c4ccccc4-5)c4ccc5c(c4)C4(c6ccccc6-c6ccccc64)c4ccccc4-5)cc3C(c3ccccc3)(c3ccccc3)C2C=C1. The summed E-state index contributed by atoms with van der Waals surface area (Å²) < 4.78 is 0. The maximum atomic E-state index is 2.59. The highest BCUT2D eigenvalue weighted by molar-refractivity contribution is 5.97. The largest absolute Gasteiger partial charge is 0.310 e. The van der Waals surface area contributed by atoms with Gasteiger partial charge in [0.2, 0.25) is 0 Å². The number of anilines is 3. The monoisotopic (exact) mass is 965 g/mol. The summed E-state index contributed by atoms with van der Waals surface area (Å²) in [4.78, 5) is 2.59. The first-order chi connectivity index (χ1) is 37.7. The summed E-state index contributed by atoms with van der Waals surface area (Å²) in [5.41, 5.74) is 25.3. The first-order valence-electron chi connectivity index (χ1n) is 26.9. The molecule has 0 fully saturated rings. The number of hydrogen-bond donors (Lipinski definition) is 0. The molecular formula is C75H51N. The molecule has 11 aromatic carbocycles. The summed E-state index contributed by atoms with van der Waals surface area (Å²) in [7, 11) is 0. The highest BCUT2D eigenvalue weighted by Gasteiger charge is 2.55. The van der Waals surface area contributed by atoms with Gasteiger partial charge in [-0.25, -0.2) is 0 Å². The van der Waals surface area contributed by atoms with E-state index in [4.69, 9.17) is 0 Å². The molecule has 11 aromatic rings. The Kier molecular flexibility index (Phi) is 9.28. The number of rotatable bonds is 7. The fourth-order valence-electron chi connectivity index (χ4n) is 15.3. The molecule has 5 aliphatic rings. The molecule has 356 valence electrons. The van der Waals surface area contributed by atoms with E-state index in [-0.39, 0.29) is 11.8 Å². The van der Waals surface area contributed by atoms with E-state index in [9.17, 15) is 0 Å². The predicted octanol–water partition coefficient (Wildman–Crippen LogP) is 18.0. The van der Waals surface area contributed by atoms with Crippen molar-refractivity contribution in [1.82, 2.24) is 0 Å². The second-order valence-corrected chi connectivity index (χ2v) is 21.3. The molecule has 1 heteroatoms. The lowest BCUT2D eigenvalue weighted by Crippen LogP contribution is -2.35. The van der Waals surface area contributed by atoms with Gasteiger partial charge in [-0.1, -0.05) is 261 Å². The van der Waals surface area contributed by atoms with Crippen LogP contribution in [0.1, 0.15) is 72.7 Å². The van der Waals surface area contributed by atoms with Crippen LogP contribution in [0.4, 0.5) is 17.1 Å². The van der Waals surface area contributed by atoms with Gasteiger partial charge in [0.1, 0.15) is 0 Å². The molecule has 0 saturated carbocycles. The fraction of sp³-hybridized carbons (Fsp3) is 0.0667. The number of benzene rings is 11. The van der Waals surface area contributed by atoms with Gasteiger partial charge in [-0.3, -0.25) is 0 Å². The molecule has 0 radical (unpaired) electrons. The van der Waals surface area contributed by atoms with E-state index in [1.165, 1.54) is 100 Å². The van der Waals surface area contributed by atoms with Gasteiger partial charge in [0.15, 0.2) is 0 Å². The van der Waals surface area contributed by atoms with Crippen LogP contribution >= 0.6 is 0 Å². The maximum absolute atomic E-state index is 2.59. The second-order valence-electron chi connectivity index (χ2n) is 21.3. The Morgan fingerprint density at radius 2 is 0.605 bits per heavy atom. The molecule has 5 aliphatic carbocycles. The first-order valence-corrected chi connectivity index (χ1v) is 26.9. The van der Waals surface area contributed by atoms with E-state index < -0.39 is 16.2 Å². The lowest BCUT2D eigenvalue weighted by atomic mass is 9.63. The average molecular weight is 966 g/mol. The van der Waals surface area contributed by atoms with Gasteiger partial charge < -0.3 is 4.90 Å². The highest BCUT2D eigenvalue weighted by Crippen LogP contribution is 2.65. The van der Waals surface area contributed by atoms with Crippen molar-refractivity contribution in [2.45, 2.75) is 22.2 Å². The molecule has 0 N–H and O–H groups in total. The van der Waals surface area contributed by atoms with Crippen molar-refractivity contribution in [2.24, 2.45) is 5.92 Å². The summed E-state index contributed by atoms with van der Waals surface area (Å²) in [5, 5.41) is 0. The van der Waals surface area contributed by atoms with Crippen molar-refractivity contribution in [3.05, 3.63) is 364 Å². The van der Waals surface area contributed by atoms with Gasteiger partial charge in [0.25, 0.3) is 0 Å². The van der Waals surface area contributed by atoms with Gasteiger partial charge >= 0.3 is 0 Å². The quantitative estimate of drug-likeness (QED) is 0.154. The van der Waals surface area contributed by atoms with Gasteiger partial charge in [0.05, 0.1) is 16.2 Å². The van der Waals surface area contributed by atoms with Gasteiger partial charge in [0, 0.05) is 28.9 Å². The summed E-state index contributed by atoms with van der Waals surface area (Å²) in [6.45, 7) is 0. The van der Waals surface area contributed by atoms with Crippen molar-refractivity contribution < 1.29 is 0 Å². The molecule has 0 aliphatic heterocycles. The molecule has 0 aromatic heterocycles. The van der Waals surface area contributed by atoms with Crippen molar-refractivity contribution in [3.8, 4) is 33.4 Å². The molecule has 1 nitrogen and oxygen atoms in total. The van der Waals surface area contributed by atoms with Crippen LogP contribution in [0, 0.1) is 5.92 Å². The zero-order valence-corrected chi connectivity index (χ0v) is 41.9. The van der Waals surface area contributed by atoms with Gasteiger partial charge in [-0.2, -0.15) is 0 Å². The summed E-state index contributed by atoms with van der Waals surface area (Å²) >= 11 is 0. The maximum Gasteiger partial charge on any atom is 0.0726 e. The number of hydrogen-bond acceptors (Lipinski definition) is 1. The minimum absolute atomic E-state index is 0.178. The summed E-state index contributed by atoms with van der Waals surface area (Å²) in [6.07, 6.45) is 9.44. The fourth-order valence-corrected chi connectivity index (χ4v) is 15.3. The van der Waals surface area contributed by atoms with E-state index in [1.807, 2.05) is 0 Å². The zero-order chi connectivity index (χ0) is 50.0. The molecule has 1 spiro atoms. The minimum Gasteiger partial charge on any atom is -0.310 e. The highest BCUT2D eigenvalue weighted by atomic mass is 15.1. The van der Waals surface area contributed by atoms with Crippen molar-refractivity contribution in [2.75, 3.05) is 4.90 Å². The molecule has 0 saturated heterocycles. The molecule has 16 rings (SSSR count). The van der Waals surface area contributed by atoms with Crippen LogP contribution in [0.2, 0.25) is 0 Å². The van der Waals surface area contributed by atoms with Crippen molar-refractivity contribution in [1.29, 1.82) is 0 Å². The van der Waals surface area contributed by atoms with Crippen molar-refractivity contribution >= 4 is 17.1 Å². The van der Waals surface area contributed by atoms with E-state index in [0.29, 0.717) is 0 Å². The van der Waals surface area contributed by atoms with Gasteiger partial charge in [-0.05, 0) is 137 Å². The van der Waals surface area contributed by atoms with Crippen LogP contribution < -0.4 is 4.90 Å². The van der Waals surface area contributed by atoms with Crippen LogP contribution in [-0.2, 0) is 16.2 Å². The normalized spacial score (nSPS) is 17.4. The molecule has 76 heavy (non-hydrogen) atoms. The molecule has 0 amide bonds. The lowest BCUT2D eigenvalue weighted by molar-refractivity contribution is 0.457. The Balaban J connectivity index is 1.000. The first kappa shape index (κ1) is 43.1. The number of fused-ring (bicyclic) bond motifs is 16. The third-order valence-electron chi connectivity index (χ3n) is 18.1. The molecule has 0 bridgehead atoms. The topological polar surface area (TPSA) is 3.24 Å². The molecule has 2 atom stereocenters. The molecule has 2 unspecified atom stereocenters. The molecular weight excluding hydrogens is 915 g/mol. The van der Waals surface area contributed by atoms with Crippen LogP contribution in [-0.4, -0.2) is 0 Å². The smallest absolute Gasteiger partial charge is 0.0726 e.